The van der Waals surface area contributed by atoms with Crippen LogP contribution in [0.25, 0.3) is 10.9 Å². The molecule has 3 heterocycles. The Morgan fingerprint density at radius 3 is 2.90 bits per heavy atom. The molecule has 7 nitrogen and oxygen atoms in total. The largest absolute Gasteiger partial charge is 0.486 e. The van der Waals surface area contributed by atoms with Crippen molar-refractivity contribution < 1.29 is 18.6 Å². The molecule has 9 heteroatoms. The van der Waals surface area contributed by atoms with Gasteiger partial charge >= 0.3 is 0 Å². The van der Waals surface area contributed by atoms with Crippen LogP contribution in [0.3, 0.4) is 0 Å². The maximum atomic E-state index is 14.4. The number of fused-ring (bicyclic) bond motifs is 2. The van der Waals surface area contributed by atoms with E-state index >= 15 is 0 Å². The van der Waals surface area contributed by atoms with Crippen LogP contribution in [0.5, 0.6) is 11.5 Å². The predicted octanol–water partition coefficient (Wildman–Crippen LogP) is 4.14. The van der Waals surface area contributed by atoms with Gasteiger partial charge in [0.1, 0.15) is 24.9 Å². The molecule has 1 aromatic heterocycles. The molecular formula is C22H22BrFN4O3. The number of aromatic nitrogens is 2. The van der Waals surface area contributed by atoms with E-state index in [0.717, 1.165) is 44.7 Å². The lowest BCUT2D eigenvalue weighted by molar-refractivity contribution is 0.0242. The van der Waals surface area contributed by atoms with E-state index in [4.69, 9.17) is 14.2 Å². The Bertz CT molecular complexity index is 1090. The van der Waals surface area contributed by atoms with Gasteiger partial charge in [-0.15, -0.1) is 0 Å². The monoisotopic (exact) mass is 488 g/mol. The summed E-state index contributed by atoms with van der Waals surface area (Å²) in [6, 6.07) is 8.77. The number of hydrogen-bond acceptors (Lipinski definition) is 7. The third-order valence-corrected chi connectivity index (χ3v) is 6.11. The molecule has 1 N–H and O–H groups in total. The van der Waals surface area contributed by atoms with Crippen LogP contribution in [0, 0.1) is 5.82 Å². The lowest BCUT2D eigenvalue weighted by Gasteiger charge is -2.31. The summed E-state index contributed by atoms with van der Waals surface area (Å²) >= 11 is 3.21. The molecule has 1 unspecified atom stereocenters. The van der Waals surface area contributed by atoms with Gasteiger partial charge in [-0.2, -0.15) is 0 Å². The smallest absolute Gasteiger partial charge is 0.163 e. The van der Waals surface area contributed by atoms with Crippen molar-refractivity contribution in [3.63, 3.8) is 0 Å². The topological polar surface area (TPSA) is 68.7 Å². The van der Waals surface area contributed by atoms with E-state index in [0.29, 0.717) is 39.6 Å². The van der Waals surface area contributed by atoms with Gasteiger partial charge in [0.05, 0.1) is 28.9 Å². The van der Waals surface area contributed by atoms with Gasteiger partial charge in [0.2, 0.25) is 0 Å². The van der Waals surface area contributed by atoms with Gasteiger partial charge in [0.25, 0.3) is 0 Å². The quantitative estimate of drug-likeness (QED) is 0.578. The minimum Gasteiger partial charge on any atom is -0.486 e. The molecule has 0 spiro atoms. The van der Waals surface area contributed by atoms with E-state index in [2.05, 4.69) is 36.1 Å². The van der Waals surface area contributed by atoms with Crippen molar-refractivity contribution >= 4 is 38.3 Å². The molecule has 3 aromatic rings. The molecule has 2 aromatic carbocycles. The van der Waals surface area contributed by atoms with E-state index in [-0.39, 0.29) is 11.9 Å². The van der Waals surface area contributed by atoms with Crippen LogP contribution >= 0.6 is 15.9 Å². The molecule has 0 radical (unpaired) electrons. The highest BCUT2D eigenvalue weighted by Gasteiger charge is 2.24. The highest BCUT2D eigenvalue weighted by molar-refractivity contribution is 9.10. The minimum absolute atomic E-state index is 0.0111. The Morgan fingerprint density at radius 2 is 2.03 bits per heavy atom. The van der Waals surface area contributed by atoms with E-state index in [1.165, 1.54) is 6.33 Å². The molecule has 1 fully saturated rings. The van der Waals surface area contributed by atoms with Gasteiger partial charge in [-0.25, -0.2) is 14.4 Å². The van der Waals surface area contributed by atoms with Crippen LogP contribution in [-0.4, -0.2) is 60.4 Å². The molecule has 1 atom stereocenters. The SMILES string of the molecule is Fc1c(Br)cccc1Nc1ncnc2cc3c(cc12)OCC(CCN1CCOCC1)O3. The molecule has 162 valence electrons. The fourth-order valence-electron chi connectivity index (χ4n) is 3.79. The number of nitrogens with zero attached hydrogens (tertiary/aromatic N) is 3. The Labute approximate surface area is 187 Å². The number of morpholine rings is 1. The third-order valence-electron chi connectivity index (χ3n) is 5.49. The van der Waals surface area contributed by atoms with Crippen LogP contribution in [0.4, 0.5) is 15.9 Å². The molecule has 0 aliphatic carbocycles. The number of ether oxygens (including phenoxy) is 3. The van der Waals surface area contributed by atoms with Crippen molar-refractivity contribution in [2.24, 2.45) is 0 Å². The van der Waals surface area contributed by atoms with Crippen molar-refractivity contribution in [3.05, 3.63) is 46.9 Å². The second-order valence-electron chi connectivity index (χ2n) is 7.56. The zero-order chi connectivity index (χ0) is 21.2. The first-order valence-electron chi connectivity index (χ1n) is 10.3. The van der Waals surface area contributed by atoms with Crippen LogP contribution in [0.2, 0.25) is 0 Å². The summed E-state index contributed by atoms with van der Waals surface area (Å²) in [7, 11) is 0. The number of nitrogens with one attached hydrogen (secondary N) is 1. The van der Waals surface area contributed by atoms with E-state index < -0.39 is 0 Å². The van der Waals surface area contributed by atoms with Crippen molar-refractivity contribution in [1.82, 2.24) is 14.9 Å². The summed E-state index contributed by atoms with van der Waals surface area (Å²) in [4.78, 5) is 11.0. The summed E-state index contributed by atoms with van der Waals surface area (Å²) in [6.45, 7) is 4.93. The average Bonchev–Trinajstić information content (AvgIpc) is 2.80. The molecule has 31 heavy (non-hydrogen) atoms. The molecule has 0 saturated carbocycles. The maximum absolute atomic E-state index is 14.4. The van der Waals surface area contributed by atoms with E-state index in [1.807, 2.05) is 12.1 Å². The lowest BCUT2D eigenvalue weighted by Crippen LogP contribution is -2.40. The first-order chi connectivity index (χ1) is 15.2. The van der Waals surface area contributed by atoms with Crippen molar-refractivity contribution in [2.75, 3.05) is 44.8 Å². The van der Waals surface area contributed by atoms with Crippen molar-refractivity contribution in [3.8, 4) is 11.5 Å². The van der Waals surface area contributed by atoms with Gasteiger partial charge in [-0.1, -0.05) is 6.07 Å². The molecular weight excluding hydrogens is 467 g/mol. The average molecular weight is 489 g/mol. The van der Waals surface area contributed by atoms with Crippen LogP contribution < -0.4 is 14.8 Å². The predicted molar refractivity (Wildman–Crippen MR) is 119 cm³/mol. The summed E-state index contributed by atoms with van der Waals surface area (Å²) in [5.41, 5.74) is 1.02. The lowest BCUT2D eigenvalue weighted by atomic mass is 10.1. The van der Waals surface area contributed by atoms with E-state index in [1.54, 1.807) is 18.2 Å². The molecule has 2 aliphatic heterocycles. The first kappa shape index (κ1) is 20.4. The Morgan fingerprint density at radius 1 is 1.16 bits per heavy atom. The highest BCUT2D eigenvalue weighted by atomic mass is 79.9. The molecule has 0 amide bonds. The van der Waals surface area contributed by atoms with E-state index in [9.17, 15) is 4.39 Å². The van der Waals surface area contributed by atoms with Crippen molar-refractivity contribution in [1.29, 1.82) is 0 Å². The molecule has 1 saturated heterocycles. The molecule has 5 rings (SSSR count). The summed E-state index contributed by atoms with van der Waals surface area (Å²) in [5.74, 6) is 1.43. The zero-order valence-corrected chi connectivity index (χ0v) is 18.4. The van der Waals surface area contributed by atoms with Gasteiger partial charge in [0, 0.05) is 37.5 Å². The highest BCUT2D eigenvalue weighted by Crippen LogP contribution is 2.38. The normalized spacial score (nSPS) is 18.8. The molecule has 2 aliphatic rings. The minimum atomic E-state index is -0.380. The van der Waals surface area contributed by atoms with Crippen molar-refractivity contribution in [2.45, 2.75) is 12.5 Å². The standard InChI is InChI=1S/C22H22BrFN4O3/c23-16-2-1-3-17(21(16)24)27-22-15-10-19-20(11-18(15)25-13-26-22)31-14(12-30-19)4-5-28-6-8-29-9-7-28/h1-3,10-11,13-14H,4-9,12H2,(H,25,26,27). The number of halogens is 2. The second kappa shape index (κ2) is 8.94. The Hall–Kier alpha value is -2.49. The van der Waals surface area contributed by atoms with Gasteiger partial charge < -0.3 is 19.5 Å². The van der Waals surface area contributed by atoms with Crippen LogP contribution in [-0.2, 0) is 4.74 Å². The van der Waals surface area contributed by atoms with Crippen LogP contribution in [0.1, 0.15) is 6.42 Å². The van der Waals surface area contributed by atoms with Gasteiger partial charge in [-0.3, -0.25) is 4.90 Å². The second-order valence-corrected chi connectivity index (χ2v) is 8.41. The number of anilines is 2. The van der Waals surface area contributed by atoms with Crippen LogP contribution in [0.15, 0.2) is 41.1 Å². The first-order valence-corrected chi connectivity index (χ1v) is 11.1. The summed E-state index contributed by atoms with van der Waals surface area (Å²) in [6.07, 6.45) is 2.32. The number of hydrogen-bond donors (Lipinski definition) is 1. The molecule has 0 bridgehead atoms. The fraction of sp³-hybridized carbons (Fsp3) is 0.364. The Kier molecular flexibility index (Phi) is 5.89. The third kappa shape index (κ3) is 4.44. The maximum Gasteiger partial charge on any atom is 0.163 e. The zero-order valence-electron chi connectivity index (χ0n) is 16.8. The number of rotatable bonds is 5. The van der Waals surface area contributed by atoms with Gasteiger partial charge in [-0.05, 0) is 34.1 Å². The number of benzene rings is 2. The Balaban J connectivity index is 1.35. The summed E-state index contributed by atoms with van der Waals surface area (Å²) < 4.78 is 32.4. The fourth-order valence-corrected chi connectivity index (χ4v) is 4.15. The van der Waals surface area contributed by atoms with Gasteiger partial charge in [0.15, 0.2) is 17.3 Å². The summed E-state index contributed by atoms with van der Waals surface area (Å²) in [5, 5.41) is 3.79.